The van der Waals surface area contributed by atoms with Gasteiger partial charge in [0.1, 0.15) is 23.0 Å². The number of carbonyl (C=O) groups is 1. The van der Waals surface area contributed by atoms with E-state index in [2.05, 4.69) is 10.3 Å². The van der Waals surface area contributed by atoms with Crippen molar-refractivity contribution in [3.8, 4) is 0 Å². The molecule has 8 heteroatoms. The minimum atomic E-state index is -0.394. The molecular weight excluding hydrogens is 351 g/mol. The fraction of sp³-hybridized carbons (Fsp3) is 0.571. The van der Waals surface area contributed by atoms with Gasteiger partial charge in [-0.25, -0.2) is 4.98 Å². The Morgan fingerprint density at radius 3 is 2.50 bits per heavy atom. The molecule has 0 saturated carbocycles. The van der Waals surface area contributed by atoms with Crippen LogP contribution >= 0.6 is 35.6 Å². The van der Waals surface area contributed by atoms with Crippen molar-refractivity contribution in [1.29, 1.82) is 0 Å². The number of hydrogen-bond donors (Lipinski definition) is 1. The molecule has 0 radical (unpaired) electrons. The molecule has 0 aromatic carbocycles. The van der Waals surface area contributed by atoms with Gasteiger partial charge in [0.2, 0.25) is 0 Å². The molecular formula is C14H21Cl3N2O3. The number of rotatable bonds is 9. The number of hydrogen-bond acceptors (Lipinski definition) is 5. The molecule has 0 aliphatic rings. The first kappa shape index (κ1) is 21.4. The van der Waals surface area contributed by atoms with E-state index in [4.69, 9.17) is 32.7 Å². The average Bonchev–Trinajstić information content (AvgIpc) is 2.44. The van der Waals surface area contributed by atoms with Crippen LogP contribution in [0.4, 0.5) is 0 Å². The number of pyridine rings is 1. The molecule has 126 valence electrons. The standard InChI is InChI=1S/C14H20Cl2N2O3.ClH/c1-3-5-20-6-4-11(17-2)14(19)21-9-10-7-12(15)18-13(16)8-10;/h7-8,11,17H,3-6,9H2,1-2H3;1H/t11-;/m0./s1. The number of aromatic nitrogens is 1. The molecule has 0 unspecified atom stereocenters. The van der Waals surface area contributed by atoms with Crippen molar-refractivity contribution in [3.05, 3.63) is 28.0 Å². The lowest BCUT2D eigenvalue weighted by atomic mass is 10.2. The highest BCUT2D eigenvalue weighted by Crippen LogP contribution is 2.15. The van der Waals surface area contributed by atoms with Gasteiger partial charge in [0.05, 0.1) is 0 Å². The fourth-order valence-corrected chi connectivity index (χ4v) is 2.19. The Labute approximate surface area is 147 Å². The minimum absolute atomic E-state index is 0. The van der Waals surface area contributed by atoms with Gasteiger partial charge in [-0.15, -0.1) is 12.4 Å². The first-order chi connectivity index (χ1) is 10.1. The van der Waals surface area contributed by atoms with E-state index in [-0.39, 0.29) is 35.3 Å². The summed E-state index contributed by atoms with van der Waals surface area (Å²) >= 11 is 11.6. The molecule has 0 fully saturated rings. The van der Waals surface area contributed by atoms with Crippen LogP contribution in [0.1, 0.15) is 25.3 Å². The van der Waals surface area contributed by atoms with E-state index < -0.39 is 6.04 Å². The number of likely N-dealkylation sites (N-methyl/N-ethyl adjacent to an activating group) is 1. The molecule has 1 aromatic heterocycles. The zero-order valence-corrected chi connectivity index (χ0v) is 14.9. The van der Waals surface area contributed by atoms with Crippen LogP contribution in [0, 0.1) is 0 Å². The van der Waals surface area contributed by atoms with Crippen LogP contribution in [0.3, 0.4) is 0 Å². The maximum Gasteiger partial charge on any atom is 0.323 e. The summed E-state index contributed by atoms with van der Waals surface area (Å²) in [5.74, 6) is -0.332. The number of halogens is 3. The average molecular weight is 372 g/mol. The summed E-state index contributed by atoms with van der Waals surface area (Å²) in [5.41, 5.74) is 0.699. The Hall–Kier alpha value is -0.590. The number of carbonyl (C=O) groups excluding carboxylic acids is 1. The van der Waals surface area contributed by atoms with Gasteiger partial charge in [-0.2, -0.15) is 0 Å². The van der Waals surface area contributed by atoms with E-state index in [1.54, 1.807) is 19.2 Å². The number of ether oxygens (including phenoxy) is 2. The van der Waals surface area contributed by atoms with Gasteiger partial charge in [-0.05, 0) is 37.6 Å². The largest absolute Gasteiger partial charge is 0.460 e. The predicted molar refractivity (Wildman–Crippen MR) is 89.9 cm³/mol. The SMILES string of the molecule is CCCOCC[C@H](NC)C(=O)OCc1cc(Cl)nc(Cl)c1.Cl. The predicted octanol–water partition coefficient (Wildman–Crippen LogP) is 3.26. The molecule has 0 bridgehead atoms. The van der Waals surface area contributed by atoms with Crippen molar-refractivity contribution in [2.24, 2.45) is 0 Å². The second-order valence-corrected chi connectivity index (χ2v) is 5.25. The summed E-state index contributed by atoms with van der Waals surface area (Å²) in [7, 11) is 1.71. The number of esters is 1. The van der Waals surface area contributed by atoms with Crippen LogP contribution in [-0.4, -0.2) is 37.3 Å². The van der Waals surface area contributed by atoms with Crippen LogP contribution < -0.4 is 5.32 Å². The summed E-state index contributed by atoms with van der Waals surface area (Å²) in [5, 5.41) is 3.46. The van der Waals surface area contributed by atoms with Gasteiger partial charge >= 0.3 is 5.97 Å². The fourth-order valence-electron chi connectivity index (χ4n) is 1.68. The lowest BCUT2D eigenvalue weighted by molar-refractivity contribution is -0.147. The van der Waals surface area contributed by atoms with Gasteiger partial charge in [-0.1, -0.05) is 30.1 Å². The quantitative estimate of drug-likeness (QED) is 0.410. The molecule has 0 aliphatic carbocycles. The molecule has 0 saturated heterocycles. The zero-order valence-electron chi connectivity index (χ0n) is 12.6. The van der Waals surface area contributed by atoms with Crippen molar-refractivity contribution >= 4 is 41.6 Å². The lowest BCUT2D eigenvalue weighted by Crippen LogP contribution is -2.36. The van der Waals surface area contributed by atoms with E-state index in [1.807, 2.05) is 6.92 Å². The highest BCUT2D eigenvalue weighted by atomic mass is 35.5. The van der Waals surface area contributed by atoms with Crippen LogP contribution in [-0.2, 0) is 20.9 Å². The third kappa shape index (κ3) is 8.15. The maximum absolute atomic E-state index is 12.0. The summed E-state index contributed by atoms with van der Waals surface area (Å²) in [6.45, 7) is 3.35. The third-order valence-corrected chi connectivity index (χ3v) is 3.12. The Morgan fingerprint density at radius 2 is 1.95 bits per heavy atom. The molecule has 1 atom stereocenters. The van der Waals surface area contributed by atoms with Gasteiger partial charge in [0, 0.05) is 13.2 Å². The van der Waals surface area contributed by atoms with Gasteiger partial charge in [-0.3, -0.25) is 4.79 Å². The Morgan fingerprint density at radius 1 is 1.32 bits per heavy atom. The molecule has 0 spiro atoms. The smallest absolute Gasteiger partial charge is 0.323 e. The van der Waals surface area contributed by atoms with Crippen LogP contribution in [0.2, 0.25) is 10.3 Å². The molecule has 0 aliphatic heterocycles. The third-order valence-electron chi connectivity index (χ3n) is 2.74. The Balaban J connectivity index is 0.00000441. The first-order valence-corrected chi connectivity index (χ1v) is 7.56. The van der Waals surface area contributed by atoms with Crippen molar-refractivity contribution < 1.29 is 14.3 Å². The summed E-state index contributed by atoms with van der Waals surface area (Å²) < 4.78 is 10.6. The molecule has 5 nitrogen and oxygen atoms in total. The summed E-state index contributed by atoms with van der Waals surface area (Å²) in [6.07, 6.45) is 1.52. The highest BCUT2D eigenvalue weighted by Gasteiger charge is 2.18. The van der Waals surface area contributed by atoms with E-state index in [0.29, 0.717) is 25.2 Å². The molecule has 1 rings (SSSR count). The van der Waals surface area contributed by atoms with Crippen molar-refractivity contribution in [2.45, 2.75) is 32.4 Å². The van der Waals surface area contributed by atoms with Crippen LogP contribution in [0.25, 0.3) is 0 Å². The Kier molecular flexibility index (Phi) is 11.6. The topological polar surface area (TPSA) is 60.5 Å². The summed E-state index contributed by atoms with van der Waals surface area (Å²) in [6, 6.07) is 2.83. The monoisotopic (exact) mass is 370 g/mol. The van der Waals surface area contributed by atoms with Gasteiger partial charge < -0.3 is 14.8 Å². The molecule has 0 amide bonds. The number of nitrogens with zero attached hydrogens (tertiary/aromatic N) is 1. The van der Waals surface area contributed by atoms with E-state index in [1.165, 1.54) is 0 Å². The normalized spacial score (nSPS) is 11.6. The second kappa shape index (κ2) is 11.9. The Bertz CT molecular complexity index is 441. The van der Waals surface area contributed by atoms with Crippen molar-refractivity contribution in [2.75, 3.05) is 20.3 Å². The van der Waals surface area contributed by atoms with Gasteiger partial charge in [0.15, 0.2) is 0 Å². The van der Waals surface area contributed by atoms with Crippen LogP contribution in [0.5, 0.6) is 0 Å². The molecule has 1 N–H and O–H groups in total. The molecule has 22 heavy (non-hydrogen) atoms. The minimum Gasteiger partial charge on any atom is -0.460 e. The number of nitrogens with one attached hydrogen (secondary N) is 1. The summed E-state index contributed by atoms with van der Waals surface area (Å²) in [4.78, 5) is 15.8. The van der Waals surface area contributed by atoms with E-state index >= 15 is 0 Å². The zero-order chi connectivity index (χ0) is 15.7. The van der Waals surface area contributed by atoms with Crippen molar-refractivity contribution in [3.63, 3.8) is 0 Å². The van der Waals surface area contributed by atoms with E-state index in [0.717, 1.165) is 6.42 Å². The van der Waals surface area contributed by atoms with Crippen molar-refractivity contribution in [1.82, 2.24) is 10.3 Å². The van der Waals surface area contributed by atoms with Gasteiger partial charge in [0.25, 0.3) is 0 Å². The van der Waals surface area contributed by atoms with E-state index in [9.17, 15) is 4.79 Å². The van der Waals surface area contributed by atoms with Crippen LogP contribution in [0.15, 0.2) is 12.1 Å². The highest BCUT2D eigenvalue weighted by molar-refractivity contribution is 6.32. The lowest BCUT2D eigenvalue weighted by Gasteiger charge is -2.15. The molecule has 1 aromatic rings. The maximum atomic E-state index is 12.0. The molecule has 1 heterocycles. The first-order valence-electron chi connectivity index (χ1n) is 6.80. The second-order valence-electron chi connectivity index (χ2n) is 4.47.